The smallest absolute Gasteiger partial charge is 0.141 e. The third-order valence-corrected chi connectivity index (χ3v) is 2.00. The maximum absolute atomic E-state index is 5.61. The highest BCUT2D eigenvalue weighted by Gasteiger charge is 2.12. The van der Waals surface area contributed by atoms with Gasteiger partial charge in [-0.15, -0.1) is 5.10 Å². The van der Waals surface area contributed by atoms with Gasteiger partial charge in [0.25, 0.3) is 0 Å². The molecule has 0 amide bonds. The molecule has 0 aliphatic carbocycles. The van der Waals surface area contributed by atoms with Gasteiger partial charge in [-0.2, -0.15) is 0 Å². The van der Waals surface area contributed by atoms with Crippen molar-refractivity contribution in [2.24, 2.45) is 5.41 Å². The molecule has 0 unspecified atom stereocenters. The molecule has 104 valence electrons. The van der Waals surface area contributed by atoms with Crippen molar-refractivity contribution in [3.63, 3.8) is 0 Å². The standard InChI is InChI=1S/C13H25N3O2/c1-12(2,3)9-17-8-11-7-16(15-14-11)10-18-13(4,5)6/h7H,8-10H2,1-6H3. The molecular formula is C13H25N3O2. The fourth-order valence-electron chi connectivity index (χ4n) is 1.19. The van der Waals surface area contributed by atoms with Crippen molar-refractivity contribution in [3.8, 4) is 0 Å². The molecule has 1 heterocycles. The SMILES string of the molecule is CC(C)(C)COCc1cn(COC(C)(C)C)nn1. The number of nitrogens with zero attached hydrogens (tertiary/aromatic N) is 3. The van der Waals surface area contributed by atoms with Crippen molar-refractivity contribution in [1.82, 2.24) is 15.0 Å². The molecule has 18 heavy (non-hydrogen) atoms. The van der Waals surface area contributed by atoms with Gasteiger partial charge in [-0.25, -0.2) is 4.68 Å². The molecule has 1 aromatic heterocycles. The fourth-order valence-corrected chi connectivity index (χ4v) is 1.19. The summed E-state index contributed by atoms with van der Waals surface area (Å²) in [6, 6.07) is 0. The summed E-state index contributed by atoms with van der Waals surface area (Å²) in [5.41, 5.74) is 0.831. The Labute approximate surface area is 109 Å². The minimum atomic E-state index is -0.172. The molecule has 0 radical (unpaired) electrons. The molecule has 0 aromatic carbocycles. The molecule has 0 bridgehead atoms. The monoisotopic (exact) mass is 255 g/mol. The molecule has 0 fully saturated rings. The largest absolute Gasteiger partial charge is 0.374 e. The zero-order chi connectivity index (χ0) is 13.8. The van der Waals surface area contributed by atoms with Crippen molar-refractivity contribution < 1.29 is 9.47 Å². The van der Waals surface area contributed by atoms with Crippen LogP contribution >= 0.6 is 0 Å². The summed E-state index contributed by atoms with van der Waals surface area (Å²) >= 11 is 0. The van der Waals surface area contributed by atoms with Crippen LogP contribution in [-0.2, 0) is 22.8 Å². The maximum Gasteiger partial charge on any atom is 0.141 e. The van der Waals surface area contributed by atoms with Gasteiger partial charge in [0.1, 0.15) is 12.4 Å². The lowest BCUT2D eigenvalue weighted by Crippen LogP contribution is -2.21. The van der Waals surface area contributed by atoms with E-state index in [1.165, 1.54) is 0 Å². The lowest BCUT2D eigenvalue weighted by molar-refractivity contribution is -0.0486. The van der Waals surface area contributed by atoms with Crippen LogP contribution in [-0.4, -0.2) is 27.2 Å². The van der Waals surface area contributed by atoms with Crippen LogP contribution in [0.4, 0.5) is 0 Å². The van der Waals surface area contributed by atoms with Gasteiger partial charge in [-0.3, -0.25) is 0 Å². The summed E-state index contributed by atoms with van der Waals surface area (Å²) in [7, 11) is 0. The molecule has 0 aliphatic rings. The summed E-state index contributed by atoms with van der Waals surface area (Å²) < 4.78 is 12.9. The highest BCUT2D eigenvalue weighted by molar-refractivity contribution is 4.89. The van der Waals surface area contributed by atoms with Gasteiger partial charge in [-0.05, 0) is 26.2 Å². The van der Waals surface area contributed by atoms with Crippen LogP contribution in [0.2, 0.25) is 0 Å². The van der Waals surface area contributed by atoms with Crippen molar-refractivity contribution in [2.45, 2.75) is 60.5 Å². The van der Waals surface area contributed by atoms with E-state index in [0.717, 1.165) is 5.69 Å². The van der Waals surface area contributed by atoms with E-state index in [0.29, 0.717) is 19.9 Å². The lowest BCUT2D eigenvalue weighted by Gasteiger charge is -2.18. The van der Waals surface area contributed by atoms with Gasteiger partial charge in [0.05, 0.1) is 25.0 Å². The van der Waals surface area contributed by atoms with E-state index >= 15 is 0 Å². The number of aromatic nitrogens is 3. The van der Waals surface area contributed by atoms with E-state index < -0.39 is 0 Å². The molecule has 0 saturated heterocycles. The first-order chi connectivity index (χ1) is 8.16. The summed E-state index contributed by atoms with van der Waals surface area (Å²) in [6.45, 7) is 14.1. The minimum Gasteiger partial charge on any atom is -0.374 e. The van der Waals surface area contributed by atoms with Crippen LogP contribution in [0.25, 0.3) is 0 Å². The van der Waals surface area contributed by atoms with Crippen LogP contribution in [0.5, 0.6) is 0 Å². The van der Waals surface area contributed by atoms with Crippen molar-refractivity contribution in [3.05, 3.63) is 11.9 Å². The predicted octanol–water partition coefficient (Wildman–Crippen LogP) is 2.61. The minimum absolute atomic E-state index is 0.172. The summed E-state index contributed by atoms with van der Waals surface area (Å²) in [5.74, 6) is 0. The molecule has 0 spiro atoms. The van der Waals surface area contributed by atoms with Crippen LogP contribution in [0, 0.1) is 5.41 Å². The Kier molecular flexibility index (Phi) is 4.87. The lowest BCUT2D eigenvalue weighted by atomic mass is 9.99. The molecule has 5 nitrogen and oxygen atoms in total. The molecule has 0 N–H and O–H groups in total. The molecule has 0 aliphatic heterocycles. The average molecular weight is 255 g/mol. The van der Waals surface area contributed by atoms with Gasteiger partial charge in [0.15, 0.2) is 0 Å². The second-order valence-corrected chi connectivity index (χ2v) is 6.69. The van der Waals surface area contributed by atoms with Gasteiger partial charge >= 0.3 is 0 Å². The Morgan fingerprint density at radius 1 is 1.17 bits per heavy atom. The topological polar surface area (TPSA) is 49.2 Å². The number of rotatable bonds is 5. The van der Waals surface area contributed by atoms with Gasteiger partial charge in [0.2, 0.25) is 0 Å². The summed E-state index contributed by atoms with van der Waals surface area (Å²) in [4.78, 5) is 0. The zero-order valence-electron chi connectivity index (χ0n) is 12.4. The first kappa shape index (κ1) is 15.1. The van der Waals surface area contributed by atoms with E-state index in [9.17, 15) is 0 Å². The number of hydrogen-bond acceptors (Lipinski definition) is 4. The first-order valence-corrected chi connectivity index (χ1v) is 6.26. The second kappa shape index (κ2) is 5.80. The van der Waals surface area contributed by atoms with Crippen LogP contribution in [0.1, 0.15) is 47.2 Å². The quantitative estimate of drug-likeness (QED) is 0.811. The molecule has 5 heteroatoms. The van der Waals surface area contributed by atoms with Crippen LogP contribution < -0.4 is 0 Å². The van der Waals surface area contributed by atoms with Gasteiger partial charge in [0, 0.05) is 0 Å². The third-order valence-electron chi connectivity index (χ3n) is 2.00. The van der Waals surface area contributed by atoms with E-state index in [-0.39, 0.29) is 11.0 Å². The highest BCUT2D eigenvalue weighted by Crippen LogP contribution is 2.14. The van der Waals surface area contributed by atoms with Crippen LogP contribution in [0.15, 0.2) is 6.20 Å². The highest BCUT2D eigenvalue weighted by atomic mass is 16.5. The van der Waals surface area contributed by atoms with Crippen molar-refractivity contribution in [2.75, 3.05) is 6.61 Å². The second-order valence-electron chi connectivity index (χ2n) is 6.69. The number of hydrogen-bond donors (Lipinski definition) is 0. The van der Waals surface area contributed by atoms with Gasteiger partial charge < -0.3 is 9.47 Å². The van der Waals surface area contributed by atoms with E-state index in [1.54, 1.807) is 4.68 Å². The molecule has 0 atom stereocenters. The van der Waals surface area contributed by atoms with E-state index in [2.05, 4.69) is 31.1 Å². The average Bonchev–Trinajstić information content (AvgIpc) is 2.60. The van der Waals surface area contributed by atoms with Crippen molar-refractivity contribution >= 4 is 0 Å². The predicted molar refractivity (Wildman–Crippen MR) is 70.0 cm³/mol. The third kappa shape index (κ3) is 6.71. The summed E-state index contributed by atoms with van der Waals surface area (Å²) in [6.07, 6.45) is 1.86. The first-order valence-electron chi connectivity index (χ1n) is 6.26. The molecule has 1 rings (SSSR count). The Hall–Kier alpha value is -0.940. The fraction of sp³-hybridized carbons (Fsp3) is 0.846. The number of ether oxygens (including phenoxy) is 2. The van der Waals surface area contributed by atoms with E-state index in [4.69, 9.17) is 9.47 Å². The maximum atomic E-state index is 5.61. The normalized spacial score (nSPS) is 13.0. The van der Waals surface area contributed by atoms with Crippen molar-refractivity contribution in [1.29, 1.82) is 0 Å². The van der Waals surface area contributed by atoms with E-state index in [1.807, 2.05) is 27.0 Å². The Morgan fingerprint density at radius 3 is 2.39 bits per heavy atom. The Bertz CT molecular complexity index is 361. The van der Waals surface area contributed by atoms with Crippen LogP contribution in [0.3, 0.4) is 0 Å². The molecule has 0 saturated carbocycles. The molecular weight excluding hydrogens is 230 g/mol. The zero-order valence-corrected chi connectivity index (χ0v) is 12.4. The Morgan fingerprint density at radius 2 is 1.83 bits per heavy atom. The molecule has 1 aromatic rings. The summed E-state index contributed by atoms with van der Waals surface area (Å²) in [5, 5.41) is 8.04. The van der Waals surface area contributed by atoms with Gasteiger partial charge in [-0.1, -0.05) is 26.0 Å². The Balaban J connectivity index is 2.35.